The summed E-state index contributed by atoms with van der Waals surface area (Å²) in [5, 5.41) is 6.54. The Kier molecular flexibility index (Phi) is 5.11. The first-order valence-electron chi connectivity index (χ1n) is 8.45. The maximum atomic E-state index is 13.4. The average molecular weight is 351 g/mol. The van der Waals surface area contributed by atoms with E-state index in [0.29, 0.717) is 18.3 Å². The van der Waals surface area contributed by atoms with E-state index >= 15 is 0 Å². The summed E-state index contributed by atoms with van der Waals surface area (Å²) >= 11 is 0. The summed E-state index contributed by atoms with van der Waals surface area (Å²) in [6, 6.07) is 12.2. The summed E-state index contributed by atoms with van der Waals surface area (Å²) in [5.41, 5.74) is 2.34. The smallest absolute Gasteiger partial charge is 0.225 e. The zero-order valence-electron chi connectivity index (χ0n) is 15.1. The fraction of sp³-hybridized carbons (Fsp3) is 0.250. The zero-order chi connectivity index (χ0) is 18.6. The van der Waals surface area contributed by atoms with Gasteiger partial charge in [-0.2, -0.15) is 4.98 Å². The molecule has 0 radical (unpaired) electrons. The Labute approximate surface area is 152 Å². The molecule has 0 atom stereocenters. The van der Waals surface area contributed by atoms with Gasteiger partial charge in [0.15, 0.2) is 0 Å². The normalized spacial score (nSPS) is 11.2. The number of benzene rings is 1. The third-order valence-corrected chi connectivity index (χ3v) is 3.53. The number of aromatic nitrogens is 3. The summed E-state index contributed by atoms with van der Waals surface area (Å²) < 4.78 is 13.4. The second-order valence-electron chi connectivity index (χ2n) is 7.06. The van der Waals surface area contributed by atoms with Crippen molar-refractivity contribution in [3.63, 3.8) is 0 Å². The zero-order valence-corrected chi connectivity index (χ0v) is 15.1. The van der Waals surface area contributed by atoms with E-state index in [1.54, 1.807) is 18.5 Å². The van der Waals surface area contributed by atoms with Crippen molar-refractivity contribution in [1.29, 1.82) is 0 Å². The highest BCUT2D eigenvalue weighted by Crippen LogP contribution is 2.22. The van der Waals surface area contributed by atoms with Crippen molar-refractivity contribution in [3.05, 3.63) is 66.2 Å². The van der Waals surface area contributed by atoms with Crippen LogP contribution in [0.5, 0.6) is 0 Å². The Bertz CT molecular complexity index is 875. The number of nitrogens with one attached hydrogen (secondary N) is 2. The van der Waals surface area contributed by atoms with Gasteiger partial charge in [-0.25, -0.2) is 9.37 Å². The van der Waals surface area contributed by atoms with E-state index in [9.17, 15) is 4.39 Å². The van der Waals surface area contributed by atoms with Crippen molar-refractivity contribution >= 4 is 11.8 Å². The quantitative estimate of drug-likeness (QED) is 0.709. The van der Waals surface area contributed by atoms with Gasteiger partial charge in [0.2, 0.25) is 5.95 Å². The van der Waals surface area contributed by atoms with Gasteiger partial charge >= 0.3 is 0 Å². The number of hydrogen-bond donors (Lipinski definition) is 2. The minimum Gasteiger partial charge on any atom is -0.366 e. The summed E-state index contributed by atoms with van der Waals surface area (Å²) in [6.07, 6.45) is 3.49. The molecule has 0 bridgehead atoms. The number of hydrogen-bond acceptors (Lipinski definition) is 5. The average Bonchev–Trinajstić information content (AvgIpc) is 2.59. The van der Waals surface area contributed by atoms with Gasteiger partial charge in [0.05, 0.1) is 5.69 Å². The van der Waals surface area contributed by atoms with Crippen molar-refractivity contribution in [2.24, 2.45) is 0 Å². The summed E-state index contributed by atoms with van der Waals surface area (Å²) in [5.74, 6) is 0.939. The molecular weight excluding hydrogens is 329 g/mol. The molecule has 0 spiro atoms. The number of halogens is 1. The molecule has 0 aliphatic heterocycles. The van der Waals surface area contributed by atoms with Crippen LogP contribution in [0.1, 0.15) is 26.3 Å². The van der Waals surface area contributed by atoms with Gasteiger partial charge in [0.1, 0.15) is 11.6 Å². The van der Waals surface area contributed by atoms with E-state index in [0.717, 1.165) is 16.8 Å². The molecule has 0 aliphatic rings. The highest BCUT2D eigenvalue weighted by atomic mass is 19.1. The fourth-order valence-corrected chi connectivity index (χ4v) is 2.43. The van der Waals surface area contributed by atoms with Crippen LogP contribution in [-0.4, -0.2) is 20.5 Å². The van der Waals surface area contributed by atoms with Crippen LogP contribution in [0.3, 0.4) is 0 Å². The van der Waals surface area contributed by atoms with Gasteiger partial charge < -0.3 is 10.6 Å². The van der Waals surface area contributed by atoms with Gasteiger partial charge in [0, 0.05) is 36.1 Å². The van der Waals surface area contributed by atoms with Gasteiger partial charge in [0.25, 0.3) is 0 Å². The highest BCUT2D eigenvalue weighted by Gasteiger charge is 2.14. The Morgan fingerprint density at radius 3 is 2.58 bits per heavy atom. The molecule has 6 heteroatoms. The minimum absolute atomic E-state index is 0.173. The van der Waals surface area contributed by atoms with E-state index in [-0.39, 0.29) is 11.4 Å². The van der Waals surface area contributed by atoms with Crippen LogP contribution in [0.4, 0.5) is 16.2 Å². The van der Waals surface area contributed by atoms with Gasteiger partial charge in [-0.3, -0.25) is 4.98 Å². The Morgan fingerprint density at radius 1 is 1.04 bits per heavy atom. The third kappa shape index (κ3) is 4.99. The predicted molar refractivity (Wildman–Crippen MR) is 102 cm³/mol. The first-order chi connectivity index (χ1) is 12.4. The monoisotopic (exact) mass is 351 g/mol. The van der Waals surface area contributed by atoms with Crippen molar-refractivity contribution in [3.8, 4) is 11.3 Å². The second-order valence-corrected chi connectivity index (χ2v) is 7.06. The fourth-order valence-electron chi connectivity index (χ4n) is 2.43. The SMILES string of the molecule is CC(C)(C)Nc1nc(NCc2cccc(F)c2)cc(-c2cccnc2)n1. The lowest BCUT2D eigenvalue weighted by Crippen LogP contribution is -2.27. The van der Waals surface area contributed by atoms with Gasteiger partial charge in [-0.05, 0) is 50.6 Å². The lowest BCUT2D eigenvalue weighted by Gasteiger charge is -2.21. The van der Waals surface area contributed by atoms with Crippen molar-refractivity contribution in [1.82, 2.24) is 15.0 Å². The van der Waals surface area contributed by atoms with Crippen LogP contribution in [-0.2, 0) is 6.54 Å². The van der Waals surface area contributed by atoms with Crippen LogP contribution in [0.25, 0.3) is 11.3 Å². The summed E-state index contributed by atoms with van der Waals surface area (Å²) in [4.78, 5) is 13.3. The molecule has 2 aromatic heterocycles. The van der Waals surface area contributed by atoms with E-state index < -0.39 is 0 Å². The largest absolute Gasteiger partial charge is 0.366 e. The van der Waals surface area contributed by atoms with Crippen molar-refractivity contribution in [2.75, 3.05) is 10.6 Å². The molecule has 0 fully saturated rings. The lowest BCUT2D eigenvalue weighted by molar-refractivity contribution is 0.625. The molecule has 5 nitrogen and oxygen atoms in total. The molecule has 0 aliphatic carbocycles. The maximum absolute atomic E-state index is 13.4. The molecule has 0 unspecified atom stereocenters. The molecule has 3 aromatic rings. The van der Waals surface area contributed by atoms with E-state index in [2.05, 4.69) is 25.6 Å². The van der Waals surface area contributed by atoms with E-state index in [1.807, 2.05) is 45.0 Å². The number of pyridine rings is 1. The van der Waals surface area contributed by atoms with Gasteiger partial charge in [-0.15, -0.1) is 0 Å². The molecule has 0 amide bonds. The predicted octanol–water partition coefficient (Wildman–Crippen LogP) is 4.50. The minimum atomic E-state index is -0.252. The second kappa shape index (κ2) is 7.47. The van der Waals surface area contributed by atoms with Crippen LogP contribution in [0, 0.1) is 5.82 Å². The molecule has 1 aromatic carbocycles. The Hall–Kier alpha value is -3.02. The number of anilines is 2. The number of nitrogens with zero attached hydrogens (tertiary/aromatic N) is 3. The number of rotatable bonds is 5. The molecular formula is C20H22FN5. The standard InChI is InChI=1S/C20H22FN5/c1-20(2,3)26-19-24-17(15-7-5-9-22-13-15)11-18(25-19)23-12-14-6-4-8-16(21)10-14/h4-11,13H,12H2,1-3H3,(H2,23,24,25,26). The first kappa shape index (κ1) is 17.8. The molecule has 0 saturated heterocycles. The van der Waals surface area contributed by atoms with Crippen LogP contribution < -0.4 is 10.6 Å². The van der Waals surface area contributed by atoms with Crippen LogP contribution in [0.2, 0.25) is 0 Å². The highest BCUT2D eigenvalue weighted by molar-refractivity contribution is 5.63. The van der Waals surface area contributed by atoms with E-state index in [1.165, 1.54) is 12.1 Å². The van der Waals surface area contributed by atoms with Gasteiger partial charge in [-0.1, -0.05) is 12.1 Å². The topological polar surface area (TPSA) is 62.7 Å². The third-order valence-electron chi connectivity index (χ3n) is 3.53. The van der Waals surface area contributed by atoms with Crippen molar-refractivity contribution < 1.29 is 4.39 Å². The molecule has 2 N–H and O–H groups in total. The molecule has 2 heterocycles. The molecule has 26 heavy (non-hydrogen) atoms. The van der Waals surface area contributed by atoms with Crippen molar-refractivity contribution in [2.45, 2.75) is 32.9 Å². The summed E-state index contributed by atoms with van der Waals surface area (Å²) in [7, 11) is 0. The van der Waals surface area contributed by atoms with Crippen LogP contribution >= 0.6 is 0 Å². The summed E-state index contributed by atoms with van der Waals surface area (Å²) in [6.45, 7) is 6.61. The Balaban J connectivity index is 1.89. The van der Waals surface area contributed by atoms with Crippen LogP contribution in [0.15, 0.2) is 54.9 Å². The Morgan fingerprint density at radius 2 is 1.88 bits per heavy atom. The molecule has 134 valence electrons. The molecule has 3 rings (SSSR count). The lowest BCUT2D eigenvalue weighted by atomic mass is 10.1. The molecule has 0 saturated carbocycles. The van der Waals surface area contributed by atoms with E-state index in [4.69, 9.17) is 0 Å². The maximum Gasteiger partial charge on any atom is 0.225 e. The first-order valence-corrected chi connectivity index (χ1v) is 8.45.